The molecule has 0 saturated carbocycles. The van der Waals surface area contributed by atoms with Crippen molar-refractivity contribution in [2.75, 3.05) is 13.2 Å². The fourth-order valence-corrected chi connectivity index (χ4v) is 4.68. The second-order valence-corrected chi connectivity index (χ2v) is 7.37. The third-order valence-electron chi connectivity index (χ3n) is 5.87. The molecule has 1 unspecified atom stereocenters. The van der Waals surface area contributed by atoms with Crippen LogP contribution in [0.1, 0.15) is 52.2 Å². The van der Waals surface area contributed by atoms with E-state index in [2.05, 4.69) is 6.07 Å². The van der Waals surface area contributed by atoms with Gasteiger partial charge < -0.3 is 9.64 Å². The zero-order valence-corrected chi connectivity index (χ0v) is 15.9. The van der Waals surface area contributed by atoms with Crippen molar-refractivity contribution in [2.45, 2.75) is 32.2 Å². The van der Waals surface area contributed by atoms with E-state index in [1.165, 1.54) is 5.56 Å². The van der Waals surface area contributed by atoms with Crippen molar-refractivity contribution < 1.29 is 14.3 Å². The van der Waals surface area contributed by atoms with Crippen LogP contribution >= 0.6 is 0 Å². The zero-order chi connectivity index (χ0) is 19.3. The van der Waals surface area contributed by atoms with E-state index in [1.807, 2.05) is 58.9 Å². The minimum atomic E-state index is -0.0482. The molecule has 1 amide bonds. The number of amides is 1. The molecule has 5 heteroatoms. The molecule has 5 nitrogen and oxygen atoms in total. The predicted octanol–water partition coefficient (Wildman–Crippen LogP) is 4.21. The molecule has 2 aliphatic heterocycles. The summed E-state index contributed by atoms with van der Waals surface area (Å²) in [7, 11) is 0. The maximum atomic E-state index is 13.3. The highest BCUT2D eigenvalue weighted by atomic mass is 16.5. The van der Waals surface area contributed by atoms with Crippen molar-refractivity contribution in [2.24, 2.45) is 0 Å². The maximum absolute atomic E-state index is 13.3. The molecule has 1 atom stereocenters. The van der Waals surface area contributed by atoms with Crippen LogP contribution in [0.2, 0.25) is 0 Å². The minimum absolute atomic E-state index is 0.0184. The Labute approximate surface area is 163 Å². The van der Waals surface area contributed by atoms with Gasteiger partial charge in [0.05, 0.1) is 23.9 Å². The highest BCUT2D eigenvalue weighted by Gasteiger charge is 2.39. The van der Waals surface area contributed by atoms with E-state index in [-0.39, 0.29) is 17.9 Å². The smallest absolute Gasteiger partial charge is 0.254 e. The number of carbonyl (C=O) groups is 2. The van der Waals surface area contributed by atoms with Crippen LogP contribution in [0.3, 0.4) is 0 Å². The molecule has 5 rings (SSSR count). The molecule has 0 N–H and O–H groups in total. The zero-order valence-electron chi connectivity index (χ0n) is 15.9. The van der Waals surface area contributed by atoms with Crippen LogP contribution < -0.4 is 4.74 Å². The number of nitrogens with zero attached hydrogens (tertiary/aromatic N) is 2. The Balaban J connectivity index is 1.55. The largest absolute Gasteiger partial charge is 0.494 e. The minimum Gasteiger partial charge on any atom is -0.494 e. The Morgan fingerprint density at radius 3 is 2.68 bits per heavy atom. The number of carbonyl (C=O) groups excluding carboxylic acids is 2. The fraction of sp³-hybridized carbons (Fsp3) is 0.304. The van der Waals surface area contributed by atoms with Crippen LogP contribution in [0.15, 0.2) is 48.5 Å². The number of benzene rings is 2. The quantitative estimate of drug-likeness (QED) is 0.690. The number of rotatable bonds is 3. The maximum Gasteiger partial charge on any atom is 0.254 e. The lowest BCUT2D eigenvalue weighted by atomic mass is 9.91. The summed E-state index contributed by atoms with van der Waals surface area (Å²) in [5, 5.41) is 1.14. The lowest BCUT2D eigenvalue weighted by Crippen LogP contribution is -2.43. The van der Waals surface area contributed by atoms with E-state index in [0.29, 0.717) is 31.6 Å². The Morgan fingerprint density at radius 2 is 1.89 bits per heavy atom. The molecule has 28 heavy (non-hydrogen) atoms. The van der Waals surface area contributed by atoms with Crippen LogP contribution in [0.25, 0.3) is 10.9 Å². The molecule has 2 aromatic carbocycles. The van der Waals surface area contributed by atoms with E-state index in [9.17, 15) is 9.59 Å². The first-order chi connectivity index (χ1) is 13.7. The monoisotopic (exact) mass is 374 g/mol. The highest BCUT2D eigenvalue weighted by molar-refractivity contribution is 5.99. The van der Waals surface area contributed by atoms with Crippen molar-refractivity contribution in [1.82, 2.24) is 9.47 Å². The van der Waals surface area contributed by atoms with Gasteiger partial charge in [-0.15, -0.1) is 0 Å². The molecule has 3 aromatic rings. The summed E-state index contributed by atoms with van der Waals surface area (Å²) in [6, 6.07) is 15.4. The van der Waals surface area contributed by atoms with Gasteiger partial charge in [-0.1, -0.05) is 18.2 Å². The lowest BCUT2D eigenvalue weighted by Gasteiger charge is -2.39. The van der Waals surface area contributed by atoms with E-state index >= 15 is 0 Å². The summed E-state index contributed by atoms with van der Waals surface area (Å²) in [5.74, 6) is 0.914. The first-order valence-electron chi connectivity index (χ1n) is 9.88. The van der Waals surface area contributed by atoms with Gasteiger partial charge in [-0.25, -0.2) is 0 Å². The van der Waals surface area contributed by atoms with Gasteiger partial charge in [0.2, 0.25) is 5.91 Å². The average Bonchev–Trinajstić information content (AvgIpc) is 3.07. The van der Waals surface area contributed by atoms with E-state index in [0.717, 1.165) is 28.8 Å². The Bertz CT molecular complexity index is 1080. The van der Waals surface area contributed by atoms with Crippen molar-refractivity contribution >= 4 is 22.7 Å². The van der Waals surface area contributed by atoms with Crippen molar-refractivity contribution in [3.63, 3.8) is 0 Å². The Kier molecular flexibility index (Phi) is 3.97. The molecule has 0 spiro atoms. The second kappa shape index (κ2) is 6.51. The third-order valence-corrected chi connectivity index (χ3v) is 5.87. The van der Waals surface area contributed by atoms with E-state index in [4.69, 9.17) is 4.74 Å². The first kappa shape index (κ1) is 17.0. The van der Waals surface area contributed by atoms with E-state index < -0.39 is 0 Å². The number of hydrogen-bond donors (Lipinski definition) is 0. The molecular weight excluding hydrogens is 352 g/mol. The molecule has 3 heterocycles. The topological polar surface area (TPSA) is 51.5 Å². The summed E-state index contributed by atoms with van der Waals surface area (Å²) in [6.45, 7) is 3.21. The van der Waals surface area contributed by atoms with Gasteiger partial charge in [0, 0.05) is 23.9 Å². The Hall–Kier alpha value is -3.08. The van der Waals surface area contributed by atoms with Gasteiger partial charge in [-0.3, -0.25) is 14.2 Å². The van der Waals surface area contributed by atoms with Crippen LogP contribution in [0.5, 0.6) is 5.75 Å². The predicted molar refractivity (Wildman–Crippen MR) is 107 cm³/mol. The molecule has 2 aliphatic rings. The third kappa shape index (κ3) is 2.46. The highest BCUT2D eigenvalue weighted by Crippen LogP contribution is 2.42. The lowest BCUT2D eigenvalue weighted by molar-refractivity contribution is 0.0593. The molecule has 0 bridgehead atoms. The van der Waals surface area contributed by atoms with Gasteiger partial charge >= 0.3 is 0 Å². The molecule has 142 valence electrons. The van der Waals surface area contributed by atoms with Crippen molar-refractivity contribution in [3.05, 3.63) is 65.4 Å². The van der Waals surface area contributed by atoms with Gasteiger partial charge in [-0.05, 0) is 55.7 Å². The first-order valence-corrected chi connectivity index (χ1v) is 9.88. The van der Waals surface area contributed by atoms with Crippen LogP contribution in [-0.4, -0.2) is 34.4 Å². The van der Waals surface area contributed by atoms with Gasteiger partial charge in [0.15, 0.2) is 0 Å². The van der Waals surface area contributed by atoms with Gasteiger partial charge in [0.1, 0.15) is 5.75 Å². The molecule has 0 radical (unpaired) electrons. The second-order valence-electron chi connectivity index (χ2n) is 7.37. The van der Waals surface area contributed by atoms with Crippen LogP contribution in [-0.2, 0) is 6.42 Å². The normalized spacial score (nSPS) is 18.2. The number of ether oxygens (including phenoxy) is 1. The molecule has 0 aliphatic carbocycles. The number of para-hydroxylation sites is 1. The number of hydrogen-bond acceptors (Lipinski definition) is 3. The molecule has 0 fully saturated rings. The van der Waals surface area contributed by atoms with Crippen LogP contribution in [0.4, 0.5) is 0 Å². The molecule has 1 aromatic heterocycles. The SMILES string of the molecule is CCOc1ccc(C(=O)N2CCc3c4n(c5ccccc35)C(=O)CCC42)cc1. The van der Waals surface area contributed by atoms with Crippen LogP contribution in [0, 0.1) is 0 Å². The summed E-state index contributed by atoms with van der Waals surface area (Å²) >= 11 is 0. The number of fused-ring (bicyclic) bond motifs is 3. The standard InChI is InChI=1S/C23H22N2O3/c1-2-28-16-9-7-15(8-10-16)23(27)24-14-13-18-17-5-3-4-6-19(17)25-21(26)12-11-20(24)22(18)25/h3-10,20H,2,11-14H2,1H3. The summed E-state index contributed by atoms with van der Waals surface area (Å²) in [6.07, 6.45) is 1.92. The molecular formula is C23H22N2O3. The summed E-state index contributed by atoms with van der Waals surface area (Å²) in [5.41, 5.74) is 3.87. The van der Waals surface area contributed by atoms with Gasteiger partial charge in [0.25, 0.3) is 5.91 Å². The van der Waals surface area contributed by atoms with Gasteiger partial charge in [-0.2, -0.15) is 0 Å². The van der Waals surface area contributed by atoms with Crippen molar-refractivity contribution in [3.8, 4) is 5.75 Å². The summed E-state index contributed by atoms with van der Waals surface area (Å²) < 4.78 is 7.34. The average molecular weight is 374 g/mol. The van der Waals surface area contributed by atoms with Crippen molar-refractivity contribution in [1.29, 1.82) is 0 Å². The fourth-order valence-electron chi connectivity index (χ4n) is 4.68. The van der Waals surface area contributed by atoms with E-state index in [1.54, 1.807) is 0 Å². The number of aromatic nitrogens is 1. The Morgan fingerprint density at radius 1 is 1.11 bits per heavy atom. The molecule has 0 saturated heterocycles. The summed E-state index contributed by atoms with van der Waals surface area (Å²) in [4.78, 5) is 27.9.